The molecule has 0 aliphatic rings. The number of benzene rings is 3. The van der Waals surface area contributed by atoms with E-state index in [4.69, 9.17) is 28.5 Å². The average Bonchev–Trinajstić information content (AvgIpc) is 3.24. The Labute approximate surface area is 211 Å². The highest BCUT2D eigenvalue weighted by Gasteiger charge is 2.22. The fraction of sp³-hybridized carbons (Fsp3) is 0.115. The Bertz CT molecular complexity index is 1380. The van der Waals surface area contributed by atoms with Crippen molar-refractivity contribution in [2.24, 2.45) is 0 Å². The van der Waals surface area contributed by atoms with Crippen molar-refractivity contribution in [3.8, 4) is 17.3 Å². The van der Waals surface area contributed by atoms with E-state index in [1.54, 1.807) is 24.3 Å². The highest BCUT2D eigenvalue weighted by atomic mass is 35.5. The molecule has 1 aromatic heterocycles. The minimum Gasteiger partial charge on any atom is -0.334 e. The molecule has 176 valence electrons. The number of carbonyl (C=O) groups is 1. The van der Waals surface area contributed by atoms with Crippen molar-refractivity contribution in [1.82, 2.24) is 20.6 Å². The highest BCUT2D eigenvalue weighted by Crippen LogP contribution is 2.29. The molecule has 0 saturated heterocycles. The summed E-state index contributed by atoms with van der Waals surface area (Å²) in [4.78, 5) is 20.3. The first kappa shape index (κ1) is 24.3. The summed E-state index contributed by atoms with van der Waals surface area (Å²) in [7, 11) is 0. The van der Waals surface area contributed by atoms with Crippen LogP contribution in [0.1, 0.15) is 28.6 Å². The monoisotopic (exact) mass is 507 g/mol. The third kappa shape index (κ3) is 6.18. The zero-order valence-corrected chi connectivity index (χ0v) is 19.9. The maximum Gasteiger partial charge on any atom is 0.315 e. The Balaban J connectivity index is 1.57. The van der Waals surface area contributed by atoms with Crippen LogP contribution < -0.4 is 10.6 Å². The van der Waals surface area contributed by atoms with Gasteiger partial charge in [0.1, 0.15) is 28.6 Å². The summed E-state index contributed by atoms with van der Waals surface area (Å²) in [6, 6.07) is 21.8. The molecule has 0 aliphatic carbocycles. The molecule has 3 aromatic carbocycles. The number of imidazole rings is 1. The maximum atomic E-state index is 14.2. The van der Waals surface area contributed by atoms with E-state index in [-0.39, 0.29) is 10.7 Å². The fourth-order valence-corrected chi connectivity index (χ4v) is 4.04. The first-order chi connectivity index (χ1) is 16.9. The molecule has 4 rings (SSSR count). The van der Waals surface area contributed by atoms with Crippen LogP contribution in [0.5, 0.6) is 0 Å². The third-order valence-electron chi connectivity index (χ3n) is 5.30. The standard InChI is InChI=1S/C26H20Cl2FN5O/c27-20-8-4-7-17(11-20)15-31-26(35)32-22(12-16-5-2-1-3-6-16)25-33-23(24(28)34-25)18-9-10-19(14-30)21(29)13-18/h1-11,13,22H,12,15H2,(H,33,34)(H2,31,32,35)/t22-/m0/s1. The van der Waals surface area contributed by atoms with Crippen LogP contribution in [0.4, 0.5) is 9.18 Å². The lowest BCUT2D eigenvalue weighted by Gasteiger charge is -2.17. The second-order valence-corrected chi connectivity index (χ2v) is 8.60. The molecule has 35 heavy (non-hydrogen) atoms. The predicted octanol–water partition coefficient (Wildman–Crippen LogP) is 6.18. The van der Waals surface area contributed by atoms with E-state index in [1.165, 1.54) is 12.1 Å². The van der Waals surface area contributed by atoms with E-state index >= 15 is 0 Å². The average molecular weight is 508 g/mol. The molecule has 1 atom stereocenters. The number of rotatable bonds is 7. The number of nitriles is 1. The van der Waals surface area contributed by atoms with Crippen molar-refractivity contribution in [3.63, 3.8) is 0 Å². The van der Waals surface area contributed by atoms with Crippen molar-refractivity contribution in [3.05, 3.63) is 111 Å². The second-order valence-electron chi connectivity index (χ2n) is 7.79. The van der Waals surface area contributed by atoms with Gasteiger partial charge in [0.2, 0.25) is 0 Å². The molecule has 0 radical (unpaired) electrons. The molecular weight excluding hydrogens is 488 g/mol. The Morgan fingerprint density at radius 3 is 2.54 bits per heavy atom. The molecule has 0 unspecified atom stereocenters. The van der Waals surface area contributed by atoms with Gasteiger partial charge in [-0.25, -0.2) is 14.2 Å². The lowest BCUT2D eigenvalue weighted by molar-refractivity contribution is 0.236. The Morgan fingerprint density at radius 1 is 1.06 bits per heavy atom. The number of halogens is 3. The number of amides is 2. The number of nitrogens with zero attached hydrogens (tertiary/aromatic N) is 2. The Morgan fingerprint density at radius 2 is 1.83 bits per heavy atom. The van der Waals surface area contributed by atoms with E-state index in [2.05, 4.69) is 20.6 Å². The quantitative estimate of drug-likeness (QED) is 0.278. The molecule has 3 N–H and O–H groups in total. The summed E-state index contributed by atoms with van der Waals surface area (Å²) in [6.07, 6.45) is 0.441. The smallest absolute Gasteiger partial charge is 0.315 e. The molecule has 9 heteroatoms. The van der Waals surface area contributed by atoms with Gasteiger partial charge in [-0.3, -0.25) is 0 Å². The van der Waals surface area contributed by atoms with Gasteiger partial charge in [-0.05, 0) is 41.8 Å². The SMILES string of the molecule is N#Cc1ccc(-c2nc([C@H](Cc3ccccc3)NC(=O)NCc3cccc(Cl)c3)[nH]c2Cl)cc1F. The van der Waals surface area contributed by atoms with E-state index < -0.39 is 17.9 Å². The van der Waals surface area contributed by atoms with E-state index in [0.29, 0.717) is 35.1 Å². The Hall–Kier alpha value is -3.86. The first-order valence-corrected chi connectivity index (χ1v) is 11.5. The largest absolute Gasteiger partial charge is 0.334 e. The van der Waals surface area contributed by atoms with Crippen LogP contribution in [0.15, 0.2) is 72.8 Å². The van der Waals surface area contributed by atoms with Crippen LogP contribution in [0.3, 0.4) is 0 Å². The number of nitrogens with one attached hydrogen (secondary N) is 3. The lowest BCUT2D eigenvalue weighted by atomic mass is 10.1. The first-order valence-electron chi connectivity index (χ1n) is 10.7. The van der Waals surface area contributed by atoms with Crippen molar-refractivity contribution in [2.45, 2.75) is 19.0 Å². The molecule has 0 saturated carbocycles. The third-order valence-corrected chi connectivity index (χ3v) is 5.81. The van der Waals surface area contributed by atoms with Crippen LogP contribution in [-0.4, -0.2) is 16.0 Å². The molecule has 0 spiro atoms. The van der Waals surface area contributed by atoms with Crippen LogP contribution in [0.2, 0.25) is 10.2 Å². The number of aromatic amines is 1. The maximum absolute atomic E-state index is 14.2. The summed E-state index contributed by atoms with van der Waals surface area (Å²) in [5.74, 6) is -0.249. The van der Waals surface area contributed by atoms with Gasteiger partial charge >= 0.3 is 6.03 Å². The van der Waals surface area contributed by atoms with Gasteiger partial charge in [-0.15, -0.1) is 0 Å². The zero-order chi connectivity index (χ0) is 24.8. The van der Waals surface area contributed by atoms with Crippen LogP contribution in [-0.2, 0) is 13.0 Å². The van der Waals surface area contributed by atoms with Crippen LogP contribution in [0, 0.1) is 17.1 Å². The summed E-state index contributed by atoms with van der Waals surface area (Å²) in [6.45, 7) is 0.291. The number of H-pyrrole nitrogens is 1. The summed E-state index contributed by atoms with van der Waals surface area (Å²) in [5.41, 5.74) is 2.51. The van der Waals surface area contributed by atoms with Crippen LogP contribution >= 0.6 is 23.2 Å². The minimum atomic E-state index is -0.662. The van der Waals surface area contributed by atoms with E-state index in [1.807, 2.05) is 42.5 Å². The molecule has 1 heterocycles. The number of urea groups is 1. The van der Waals surface area contributed by atoms with Gasteiger partial charge in [-0.1, -0.05) is 71.7 Å². The lowest BCUT2D eigenvalue weighted by Crippen LogP contribution is -2.38. The van der Waals surface area contributed by atoms with Crippen molar-refractivity contribution >= 4 is 29.2 Å². The molecule has 4 aromatic rings. The van der Waals surface area contributed by atoms with Crippen molar-refractivity contribution < 1.29 is 9.18 Å². The molecule has 0 bridgehead atoms. The number of hydrogen-bond donors (Lipinski definition) is 3. The van der Waals surface area contributed by atoms with Gasteiger partial charge in [0.05, 0.1) is 11.6 Å². The highest BCUT2D eigenvalue weighted by molar-refractivity contribution is 6.32. The summed E-state index contributed by atoms with van der Waals surface area (Å²) >= 11 is 12.4. The minimum absolute atomic E-state index is 0.0689. The number of hydrogen-bond acceptors (Lipinski definition) is 3. The summed E-state index contributed by atoms with van der Waals surface area (Å²) in [5, 5.41) is 15.5. The zero-order valence-electron chi connectivity index (χ0n) is 18.4. The van der Waals surface area contributed by atoms with Gasteiger partial charge in [0.15, 0.2) is 0 Å². The molecular formula is C26H20Cl2FN5O. The number of aromatic nitrogens is 2. The molecule has 6 nitrogen and oxygen atoms in total. The van der Waals surface area contributed by atoms with Crippen molar-refractivity contribution in [2.75, 3.05) is 0 Å². The van der Waals surface area contributed by atoms with Gasteiger partial charge in [0, 0.05) is 17.1 Å². The molecule has 2 amide bonds. The van der Waals surface area contributed by atoms with E-state index in [9.17, 15) is 9.18 Å². The van der Waals surface area contributed by atoms with Crippen LogP contribution in [0.25, 0.3) is 11.3 Å². The summed E-state index contributed by atoms with van der Waals surface area (Å²) < 4.78 is 14.2. The van der Waals surface area contributed by atoms with Gasteiger partial charge < -0.3 is 15.6 Å². The van der Waals surface area contributed by atoms with Crippen molar-refractivity contribution in [1.29, 1.82) is 5.26 Å². The molecule has 0 aliphatic heterocycles. The second kappa shape index (κ2) is 11.0. The predicted molar refractivity (Wildman–Crippen MR) is 133 cm³/mol. The fourth-order valence-electron chi connectivity index (χ4n) is 3.58. The topological polar surface area (TPSA) is 93.6 Å². The molecule has 0 fully saturated rings. The van der Waals surface area contributed by atoms with Gasteiger partial charge in [0.25, 0.3) is 0 Å². The van der Waals surface area contributed by atoms with E-state index in [0.717, 1.165) is 11.1 Å². The number of carbonyl (C=O) groups excluding carboxylic acids is 1. The van der Waals surface area contributed by atoms with Gasteiger partial charge in [-0.2, -0.15) is 5.26 Å². The Kier molecular flexibility index (Phi) is 7.66. The normalized spacial score (nSPS) is 11.5.